The molecule has 0 aliphatic heterocycles. The van der Waals surface area contributed by atoms with Crippen molar-refractivity contribution in [2.24, 2.45) is 40.9 Å². The van der Waals surface area contributed by atoms with Crippen LogP contribution in [0.1, 0.15) is 65.7 Å². The Morgan fingerprint density at radius 2 is 2.00 bits per heavy atom. The summed E-state index contributed by atoms with van der Waals surface area (Å²) >= 11 is 0. The number of rotatable bonds is 5. The molecule has 21 heavy (non-hydrogen) atoms. The summed E-state index contributed by atoms with van der Waals surface area (Å²) in [6.45, 7) is 6.94. The van der Waals surface area contributed by atoms with Gasteiger partial charge >= 0.3 is 5.97 Å². The number of carbonyl (C=O) groups is 1. The molecule has 2 heteroatoms. The first-order chi connectivity index (χ1) is 10.0. The molecule has 0 aromatic heterocycles. The van der Waals surface area contributed by atoms with E-state index in [0.717, 1.165) is 36.0 Å². The number of fused-ring (bicyclic) bond motifs is 5. The van der Waals surface area contributed by atoms with E-state index in [1.54, 1.807) is 7.11 Å². The molecule has 3 saturated carbocycles. The van der Waals surface area contributed by atoms with Gasteiger partial charge < -0.3 is 4.74 Å². The lowest BCUT2D eigenvalue weighted by Crippen LogP contribution is -2.42. The monoisotopic (exact) mass is 292 g/mol. The Morgan fingerprint density at radius 3 is 2.67 bits per heavy atom. The van der Waals surface area contributed by atoms with Crippen molar-refractivity contribution in [2.45, 2.75) is 65.7 Å². The Bertz CT molecular complexity index is 404. The Labute approximate surface area is 130 Å². The summed E-state index contributed by atoms with van der Waals surface area (Å²) < 4.78 is 5.16. The third-order valence-electron chi connectivity index (χ3n) is 7.22. The zero-order valence-electron chi connectivity index (χ0n) is 14.2. The zero-order chi connectivity index (χ0) is 15.2. The number of methoxy groups -OCH3 is 1. The largest absolute Gasteiger partial charge is 0.469 e. The smallest absolute Gasteiger partial charge is 0.311 e. The highest BCUT2D eigenvalue weighted by atomic mass is 16.5. The van der Waals surface area contributed by atoms with Gasteiger partial charge in [0.25, 0.3) is 0 Å². The molecule has 0 saturated heterocycles. The number of ether oxygens (including phenoxy) is 1. The second-order valence-corrected chi connectivity index (χ2v) is 8.34. The molecule has 3 fully saturated rings. The molecule has 2 nitrogen and oxygen atoms in total. The predicted octanol–water partition coefficient (Wildman–Crippen LogP) is 4.67. The third-order valence-corrected chi connectivity index (χ3v) is 7.22. The van der Waals surface area contributed by atoms with E-state index in [0.29, 0.717) is 5.92 Å². The summed E-state index contributed by atoms with van der Waals surface area (Å²) in [7, 11) is 1.56. The topological polar surface area (TPSA) is 26.3 Å². The molecule has 0 radical (unpaired) electrons. The minimum atomic E-state index is -0.187. The predicted molar refractivity (Wildman–Crippen MR) is 84.7 cm³/mol. The summed E-state index contributed by atoms with van der Waals surface area (Å²) in [4.78, 5) is 12.3. The van der Waals surface area contributed by atoms with E-state index >= 15 is 0 Å². The summed E-state index contributed by atoms with van der Waals surface area (Å²) in [5, 5.41) is 0. The van der Waals surface area contributed by atoms with Crippen molar-refractivity contribution in [1.82, 2.24) is 0 Å². The molecule has 3 rings (SSSR count). The Kier molecular flexibility index (Phi) is 4.09. The van der Waals surface area contributed by atoms with E-state index in [1.807, 2.05) is 0 Å². The lowest BCUT2D eigenvalue weighted by molar-refractivity contribution is -0.157. The molecule has 0 amide bonds. The molecule has 0 spiro atoms. The molecule has 2 bridgehead atoms. The maximum atomic E-state index is 12.3. The molecule has 3 aliphatic rings. The van der Waals surface area contributed by atoms with E-state index < -0.39 is 0 Å². The molecule has 120 valence electrons. The van der Waals surface area contributed by atoms with Gasteiger partial charge in [0.1, 0.15) is 0 Å². The summed E-state index contributed by atoms with van der Waals surface area (Å²) in [5.74, 6) is 4.89. The van der Waals surface area contributed by atoms with E-state index in [-0.39, 0.29) is 11.4 Å². The van der Waals surface area contributed by atoms with Crippen LogP contribution in [-0.2, 0) is 9.53 Å². The lowest BCUT2D eigenvalue weighted by atomic mass is 9.63. The van der Waals surface area contributed by atoms with Gasteiger partial charge in [0.2, 0.25) is 0 Å². The number of hydrogen-bond donors (Lipinski definition) is 0. The normalized spacial score (nSPS) is 47.6. The highest BCUT2D eigenvalue weighted by Gasteiger charge is 2.65. The maximum absolute atomic E-state index is 12.3. The van der Waals surface area contributed by atoms with Crippen LogP contribution in [0.2, 0.25) is 0 Å². The standard InChI is InChI=1S/C19H32O2/c1-5-6-7-8-13-9-12(2)16-14-10-15(17(13)16)19(3,11-14)18(20)21-4/h12-17H,5-11H2,1-4H3. The molecule has 0 aromatic carbocycles. The van der Waals surface area contributed by atoms with Crippen LogP contribution < -0.4 is 0 Å². The molecular formula is C19H32O2. The first kappa shape index (κ1) is 15.4. The SMILES string of the molecule is CCCCCC1CC(C)C2C3CC(C12)C(C)(C(=O)OC)C3. The van der Waals surface area contributed by atoms with Gasteiger partial charge in [-0.15, -0.1) is 0 Å². The van der Waals surface area contributed by atoms with Gasteiger partial charge in [0, 0.05) is 0 Å². The molecule has 7 unspecified atom stereocenters. The van der Waals surface area contributed by atoms with E-state index in [2.05, 4.69) is 20.8 Å². The molecular weight excluding hydrogens is 260 g/mol. The molecule has 3 aliphatic carbocycles. The molecule has 0 N–H and O–H groups in total. The Hall–Kier alpha value is -0.530. The van der Waals surface area contributed by atoms with Gasteiger partial charge in [0.15, 0.2) is 0 Å². The van der Waals surface area contributed by atoms with Crippen LogP contribution in [0.5, 0.6) is 0 Å². The molecule has 0 aromatic rings. The van der Waals surface area contributed by atoms with Crippen molar-refractivity contribution in [3.8, 4) is 0 Å². The summed E-state index contributed by atoms with van der Waals surface area (Å²) in [5.41, 5.74) is -0.187. The first-order valence-corrected chi connectivity index (χ1v) is 9.11. The van der Waals surface area contributed by atoms with Crippen molar-refractivity contribution >= 4 is 5.97 Å². The third kappa shape index (κ3) is 2.24. The van der Waals surface area contributed by atoms with E-state index in [4.69, 9.17) is 4.74 Å². The fraction of sp³-hybridized carbons (Fsp3) is 0.947. The quantitative estimate of drug-likeness (QED) is 0.543. The highest BCUT2D eigenvalue weighted by Crippen LogP contribution is 2.69. The minimum absolute atomic E-state index is 0.0558. The average molecular weight is 292 g/mol. The van der Waals surface area contributed by atoms with E-state index in [1.165, 1.54) is 38.5 Å². The van der Waals surface area contributed by atoms with Gasteiger partial charge in [-0.1, -0.05) is 39.5 Å². The van der Waals surface area contributed by atoms with E-state index in [9.17, 15) is 4.79 Å². The van der Waals surface area contributed by atoms with Crippen molar-refractivity contribution < 1.29 is 9.53 Å². The lowest BCUT2D eigenvalue weighted by Gasteiger charge is -2.40. The summed E-state index contributed by atoms with van der Waals surface area (Å²) in [6.07, 6.45) is 9.21. The van der Waals surface area contributed by atoms with Crippen molar-refractivity contribution in [1.29, 1.82) is 0 Å². The number of unbranched alkanes of at least 4 members (excludes halogenated alkanes) is 2. The van der Waals surface area contributed by atoms with Gasteiger partial charge in [-0.3, -0.25) is 4.79 Å². The Balaban J connectivity index is 1.77. The second kappa shape index (κ2) is 5.59. The fourth-order valence-corrected chi connectivity index (χ4v) is 6.54. The zero-order valence-corrected chi connectivity index (χ0v) is 14.2. The van der Waals surface area contributed by atoms with Crippen LogP contribution in [0.25, 0.3) is 0 Å². The van der Waals surface area contributed by atoms with Gasteiger partial charge in [0.05, 0.1) is 12.5 Å². The van der Waals surface area contributed by atoms with Crippen molar-refractivity contribution in [3.63, 3.8) is 0 Å². The first-order valence-electron chi connectivity index (χ1n) is 9.11. The van der Waals surface area contributed by atoms with Gasteiger partial charge in [-0.05, 0) is 61.7 Å². The molecule has 0 heterocycles. The Morgan fingerprint density at radius 1 is 1.24 bits per heavy atom. The van der Waals surface area contributed by atoms with Crippen LogP contribution in [0.15, 0.2) is 0 Å². The van der Waals surface area contributed by atoms with Crippen LogP contribution in [0, 0.1) is 40.9 Å². The van der Waals surface area contributed by atoms with Crippen LogP contribution in [0.3, 0.4) is 0 Å². The fourth-order valence-electron chi connectivity index (χ4n) is 6.54. The molecule has 7 atom stereocenters. The van der Waals surface area contributed by atoms with Crippen LogP contribution in [0.4, 0.5) is 0 Å². The van der Waals surface area contributed by atoms with Crippen LogP contribution >= 0.6 is 0 Å². The number of hydrogen-bond acceptors (Lipinski definition) is 2. The maximum Gasteiger partial charge on any atom is 0.311 e. The van der Waals surface area contributed by atoms with Crippen molar-refractivity contribution in [2.75, 3.05) is 7.11 Å². The summed E-state index contributed by atoms with van der Waals surface area (Å²) in [6, 6.07) is 0. The number of carbonyl (C=O) groups excluding carboxylic acids is 1. The second-order valence-electron chi connectivity index (χ2n) is 8.34. The van der Waals surface area contributed by atoms with Gasteiger partial charge in [-0.25, -0.2) is 0 Å². The minimum Gasteiger partial charge on any atom is -0.469 e. The van der Waals surface area contributed by atoms with Crippen molar-refractivity contribution in [3.05, 3.63) is 0 Å². The number of esters is 1. The van der Waals surface area contributed by atoms with Gasteiger partial charge in [-0.2, -0.15) is 0 Å². The highest BCUT2D eigenvalue weighted by molar-refractivity contribution is 5.77. The average Bonchev–Trinajstić information content (AvgIpc) is 3.09. The van der Waals surface area contributed by atoms with Crippen LogP contribution in [-0.4, -0.2) is 13.1 Å².